The van der Waals surface area contributed by atoms with Gasteiger partial charge in [0.25, 0.3) is 0 Å². The molecule has 2 N–H and O–H groups in total. The summed E-state index contributed by atoms with van der Waals surface area (Å²) in [5, 5.41) is 0. The Bertz CT molecular complexity index is 328. The minimum absolute atomic E-state index is 0.387. The molecule has 0 saturated carbocycles. The molecule has 0 aliphatic carbocycles. The third-order valence-corrected chi connectivity index (χ3v) is 4.59. The van der Waals surface area contributed by atoms with Crippen molar-refractivity contribution in [2.45, 2.75) is 13.8 Å². The van der Waals surface area contributed by atoms with Crippen LogP contribution in [-0.4, -0.2) is 25.6 Å². The summed E-state index contributed by atoms with van der Waals surface area (Å²) in [5.41, 5.74) is 5.17. The molecule has 5 nitrogen and oxygen atoms in total. The van der Waals surface area contributed by atoms with Crippen LogP contribution in [0.15, 0.2) is 16.6 Å². The highest BCUT2D eigenvalue weighted by atomic mass is 32.4. The number of carbonyl (C=O) groups excluding carboxylic acids is 1. The highest BCUT2D eigenvalue weighted by Gasteiger charge is 2.14. The molecule has 1 unspecified atom stereocenters. The van der Waals surface area contributed by atoms with Crippen molar-refractivity contribution in [2.24, 2.45) is 10.5 Å². The van der Waals surface area contributed by atoms with Crippen LogP contribution in [-0.2, 0) is 25.9 Å². The van der Waals surface area contributed by atoms with E-state index in [1.807, 2.05) is 6.92 Å². The number of nitrogens with zero attached hydrogens (tertiary/aromatic N) is 1. The summed E-state index contributed by atoms with van der Waals surface area (Å²) < 4.78 is 13.8. The molecule has 7 heteroatoms. The van der Waals surface area contributed by atoms with Gasteiger partial charge in [-0.1, -0.05) is 6.92 Å². The molecule has 0 aromatic carbocycles. The predicted molar refractivity (Wildman–Crippen MR) is 64.4 cm³/mol. The molecular formula is C8H15N2O3PS. The maximum atomic E-state index is 10.9. The van der Waals surface area contributed by atoms with E-state index in [-0.39, 0.29) is 0 Å². The highest BCUT2D eigenvalue weighted by Crippen LogP contribution is 2.49. The number of rotatable bonds is 5. The van der Waals surface area contributed by atoms with Gasteiger partial charge in [-0.05, 0) is 18.7 Å². The first-order valence-corrected chi connectivity index (χ1v) is 7.14. The molecule has 86 valence electrons. The maximum absolute atomic E-state index is 10.9. The van der Waals surface area contributed by atoms with E-state index in [1.165, 1.54) is 13.2 Å². The van der Waals surface area contributed by atoms with Crippen molar-refractivity contribution in [3.63, 3.8) is 0 Å². The van der Waals surface area contributed by atoms with Crippen LogP contribution in [0.5, 0.6) is 0 Å². The largest absolute Gasteiger partial charge is 0.466 e. The first kappa shape index (κ1) is 14.1. The predicted octanol–water partition coefficient (Wildman–Crippen LogP) is 1.40. The minimum Gasteiger partial charge on any atom is -0.466 e. The summed E-state index contributed by atoms with van der Waals surface area (Å²) in [5.74, 6) is -0.0977. The van der Waals surface area contributed by atoms with Crippen LogP contribution in [0.25, 0.3) is 0 Å². The average molecular weight is 250 g/mol. The Balaban J connectivity index is 4.63. The second-order valence-corrected chi connectivity index (χ2v) is 6.62. The molecule has 0 spiro atoms. The van der Waals surface area contributed by atoms with Crippen LogP contribution in [0.1, 0.15) is 13.8 Å². The van der Waals surface area contributed by atoms with Gasteiger partial charge < -0.3 is 15.0 Å². The SMILES string of the molecule is CCP(=S)(N=CN)OC(C)=CC(=O)OC. The van der Waals surface area contributed by atoms with Crippen LogP contribution in [0, 0.1) is 0 Å². The van der Waals surface area contributed by atoms with E-state index in [2.05, 4.69) is 9.50 Å². The number of esters is 1. The van der Waals surface area contributed by atoms with E-state index in [0.29, 0.717) is 11.9 Å². The first-order valence-electron chi connectivity index (χ1n) is 4.28. The molecule has 0 aliphatic rings. The molecular weight excluding hydrogens is 235 g/mol. The van der Waals surface area contributed by atoms with Gasteiger partial charge in [0.2, 0.25) is 6.42 Å². The summed E-state index contributed by atoms with van der Waals surface area (Å²) >= 11 is 5.19. The monoisotopic (exact) mass is 250 g/mol. The highest BCUT2D eigenvalue weighted by molar-refractivity contribution is 8.11. The molecule has 0 aromatic heterocycles. The maximum Gasteiger partial charge on any atom is 0.333 e. The number of ether oxygens (including phenoxy) is 1. The standard InChI is InChI=1S/C8H15N2O3PS/c1-4-14(15,10-6-9)13-7(2)5-8(11)12-3/h5-6H,4H2,1-3H3,(H2,9,10,15). The van der Waals surface area contributed by atoms with Gasteiger partial charge in [-0.3, -0.25) is 0 Å². The second kappa shape index (κ2) is 6.58. The van der Waals surface area contributed by atoms with E-state index in [0.717, 1.165) is 6.34 Å². The first-order chi connectivity index (χ1) is 6.97. The number of hydrogen-bond donors (Lipinski definition) is 1. The molecule has 0 amide bonds. The molecule has 0 aromatic rings. The minimum atomic E-state index is -2.32. The van der Waals surface area contributed by atoms with Crippen molar-refractivity contribution < 1.29 is 14.1 Å². The van der Waals surface area contributed by atoms with Gasteiger partial charge in [-0.25, -0.2) is 9.56 Å². The van der Waals surface area contributed by atoms with Gasteiger partial charge in [0.05, 0.1) is 19.5 Å². The Morgan fingerprint density at radius 2 is 2.27 bits per heavy atom. The normalized spacial score (nSPS) is 16.1. The number of allylic oxidation sites excluding steroid dienone is 1. The number of nitrogens with two attached hydrogens (primary N) is 1. The van der Waals surface area contributed by atoms with Gasteiger partial charge in [0.15, 0.2) is 0 Å². The molecule has 1 atom stereocenters. The van der Waals surface area contributed by atoms with Crippen LogP contribution in [0.2, 0.25) is 0 Å². The number of hydrogen-bond acceptors (Lipinski definition) is 4. The Morgan fingerprint density at radius 1 is 1.67 bits per heavy atom. The van der Waals surface area contributed by atoms with Gasteiger partial charge in [0.1, 0.15) is 5.76 Å². The molecule has 0 radical (unpaired) electrons. The molecule has 0 saturated heterocycles. The number of methoxy groups -OCH3 is 1. The van der Waals surface area contributed by atoms with E-state index in [4.69, 9.17) is 22.1 Å². The zero-order valence-electron chi connectivity index (χ0n) is 8.97. The third-order valence-electron chi connectivity index (χ3n) is 1.45. The van der Waals surface area contributed by atoms with Gasteiger partial charge in [-0.2, -0.15) is 0 Å². The molecule has 15 heavy (non-hydrogen) atoms. The molecule has 0 heterocycles. The number of carbonyl (C=O) groups is 1. The molecule has 0 bridgehead atoms. The Labute approximate surface area is 94.5 Å². The Kier molecular flexibility index (Phi) is 6.20. The van der Waals surface area contributed by atoms with Gasteiger partial charge in [-0.15, -0.1) is 0 Å². The van der Waals surface area contributed by atoms with Crippen LogP contribution in [0.3, 0.4) is 0 Å². The molecule has 0 rings (SSSR count). The second-order valence-electron chi connectivity index (χ2n) is 2.59. The van der Waals surface area contributed by atoms with Crippen molar-refractivity contribution in [1.29, 1.82) is 0 Å². The smallest absolute Gasteiger partial charge is 0.333 e. The average Bonchev–Trinajstić information content (AvgIpc) is 2.17. The summed E-state index contributed by atoms with van der Waals surface area (Å²) in [7, 11) is 1.29. The van der Waals surface area contributed by atoms with Crippen molar-refractivity contribution in [3.05, 3.63) is 11.8 Å². The third kappa shape index (κ3) is 5.54. The summed E-state index contributed by atoms with van der Waals surface area (Å²) in [6, 6.07) is 0. The van der Waals surface area contributed by atoms with Crippen LogP contribution >= 0.6 is 6.42 Å². The Hall–Kier alpha value is -0.870. The lowest BCUT2D eigenvalue weighted by Crippen LogP contribution is -1.98. The molecule has 0 fully saturated rings. The summed E-state index contributed by atoms with van der Waals surface area (Å²) in [6.07, 6.45) is 0.610. The quantitative estimate of drug-likeness (QED) is 0.199. The van der Waals surface area contributed by atoms with E-state index in [1.54, 1.807) is 6.92 Å². The van der Waals surface area contributed by atoms with E-state index in [9.17, 15) is 4.79 Å². The fraction of sp³-hybridized carbons (Fsp3) is 0.500. The zero-order chi connectivity index (χ0) is 11.9. The lowest BCUT2D eigenvalue weighted by atomic mass is 10.5. The molecule has 0 aliphatic heterocycles. The van der Waals surface area contributed by atoms with E-state index >= 15 is 0 Å². The zero-order valence-corrected chi connectivity index (χ0v) is 10.7. The van der Waals surface area contributed by atoms with Gasteiger partial charge >= 0.3 is 5.97 Å². The Morgan fingerprint density at radius 3 is 2.67 bits per heavy atom. The summed E-state index contributed by atoms with van der Waals surface area (Å²) in [6.45, 7) is 3.48. The van der Waals surface area contributed by atoms with Crippen molar-refractivity contribution in [2.75, 3.05) is 13.3 Å². The van der Waals surface area contributed by atoms with Crippen LogP contribution in [0.4, 0.5) is 0 Å². The van der Waals surface area contributed by atoms with E-state index < -0.39 is 12.4 Å². The van der Waals surface area contributed by atoms with Gasteiger partial charge in [0, 0.05) is 6.16 Å². The lowest BCUT2D eigenvalue weighted by molar-refractivity contribution is -0.135. The fourth-order valence-corrected chi connectivity index (χ4v) is 2.31. The van der Waals surface area contributed by atoms with Crippen LogP contribution < -0.4 is 5.73 Å². The van der Waals surface area contributed by atoms with Crippen molar-refractivity contribution in [3.8, 4) is 0 Å². The van der Waals surface area contributed by atoms with Crippen molar-refractivity contribution >= 4 is 30.5 Å². The fourth-order valence-electron chi connectivity index (χ4n) is 0.748. The topological polar surface area (TPSA) is 73.9 Å². The lowest BCUT2D eigenvalue weighted by Gasteiger charge is -2.16. The van der Waals surface area contributed by atoms with Crippen molar-refractivity contribution in [1.82, 2.24) is 0 Å². The summed E-state index contributed by atoms with van der Waals surface area (Å²) in [4.78, 5) is 10.9.